The summed E-state index contributed by atoms with van der Waals surface area (Å²) in [5.74, 6) is -0.967. The predicted molar refractivity (Wildman–Crippen MR) is 105 cm³/mol. The zero-order valence-electron chi connectivity index (χ0n) is 14.1. The van der Waals surface area contributed by atoms with E-state index in [1.807, 2.05) is 42.6 Å². The average Bonchev–Trinajstić information content (AvgIpc) is 3.26. The Bertz CT molecular complexity index is 1100. The van der Waals surface area contributed by atoms with Crippen LogP contribution in [0.3, 0.4) is 0 Å². The molecule has 0 amide bonds. The van der Waals surface area contributed by atoms with Gasteiger partial charge in [0.15, 0.2) is 0 Å². The first-order valence-electron chi connectivity index (χ1n) is 8.18. The lowest BCUT2D eigenvalue weighted by molar-refractivity contribution is -0.131. The molecule has 8 heteroatoms. The molecule has 0 fully saturated rings. The number of imidazole rings is 1. The van der Waals surface area contributed by atoms with Crippen LogP contribution in [0.5, 0.6) is 0 Å². The number of rotatable bonds is 6. The normalized spacial score (nSPS) is 11.3. The number of anilines is 1. The summed E-state index contributed by atoms with van der Waals surface area (Å²) in [6.07, 6.45) is 8.02. The molecule has 134 valence electrons. The number of pyridine rings is 1. The van der Waals surface area contributed by atoms with E-state index in [2.05, 4.69) is 20.4 Å². The number of hydrogen-bond donors (Lipinski definition) is 2. The molecule has 1 aromatic carbocycles. The van der Waals surface area contributed by atoms with E-state index < -0.39 is 5.97 Å². The van der Waals surface area contributed by atoms with Crippen molar-refractivity contribution in [3.05, 3.63) is 72.2 Å². The van der Waals surface area contributed by atoms with Crippen LogP contribution in [-0.2, 0) is 11.3 Å². The quantitative estimate of drug-likeness (QED) is 0.499. The summed E-state index contributed by atoms with van der Waals surface area (Å²) in [4.78, 5) is 19.9. The van der Waals surface area contributed by atoms with Crippen molar-refractivity contribution in [2.24, 2.45) is 0 Å². The number of carboxylic acid groups (broad SMARTS) is 1. The predicted octanol–water partition coefficient (Wildman–Crippen LogP) is 3.56. The Balaban J connectivity index is 1.54. The van der Waals surface area contributed by atoms with E-state index in [-0.39, 0.29) is 0 Å². The molecular weight excluding hydrogens is 362 g/mol. The molecule has 0 saturated carbocycles. The third-order valence-electron chi connectivity index (χ3n) is 3.88. The van der Waals surface area contributed by atoms with Crippen LogP contribution >= 0.6 is 11.3 Å². The van der Waals surface area contributed by atoms with Crippen LogP contribution < -0.4 is 5.32 Å². The van der Waals surface area contributed by atoms with Crippen molar-refractivity contribution in [1.82, 2.24) is 19.6 Å². The third-order valence-corrected chi connectivity index (χ3v) is 4.76. The Kier molecular flexibility index (Phi) is 4.63. The number of nitrogens with one attached hydrogen (secondary N) is 1. The molecule has 27 heavy (non-hydrogen) atoms. The average molecular weight is 377 g/mol. The molecule has 0 atom stereocenters. The van der Waals surface area contributed by atoms with Gasteiger partial charge in [-0.1, -0.05) is 41.7 Å². The summed E-state index contributed by atoms with van der Waals surface area (Å²) in [5, 5.41) is 17.4. The van der Waals surface area contributed by atoms with E-state index in [1.54, 1.807) is 23.0 Å². The first-order chi connectivity index (χ1) is 13.2. The van der Waals surface area contributed by atoms with Crippen molar-refractivity contribution in [2.75, 3.05) is 5.32 Å². The first-order valence-corrected chi connectivity index (χ1v) is 8.99. The van der Waals surface area contributed by atoms with Crippen molar-refractivity contribution in [1.29, 1.82) is 0 Å². The molecule has 0 spiro atoms. The number of hydrogen-bond acceptors (Lipinski definition) is 6. The second-order valence-corrected chi connectivity index (χ2v) is 6.71. The lowest BCUT2D eigenvalue weighted by Gasteiger charge is -2.02. The zero-order chi connectivity index (χ0) is 18.6. The highest BCUT2D eigenvalue weighted by Crippen LogP contribution is 2.26. The summed E-state index contributed by atoms with van der Waals surface area (Å²) >= 11 is 1.48. The van der Waals surface area contributed by atoms with E-state index in [0.717, 1.165) is 38.6 Å². The van der Waals surface area contributed by atoms with Crippen LogP contribution in [0.25, 0.3) is 22.3 Å². The summed E-state index contributed by atoms with van der Waals surface area (Å²) in [5.41, 5.74) is 3.73. The second-order valence-electron chi connectivity index (χ2n) is 5.75. The molecule has 0 aliphatic rings. The maximum Gasteiger partial charge on any atom is 0.328 e. The number of nitrogens with zero attached hydrogens (tertiary/aromatic N) is 4. The third kappa shape index (κ3) is 3.85. The topological polar surface area (TPSA) is 92.4 Å². The Hall–Kier alpha value is -3.52. The van der Waals surface area contributed by atoms with Crippen molar-refractivity contribution >= 4 is 33.5 Å². The van der Waals surface area contributed by atoms with Gasteiger partial charge in [-0.2, -0.15) is 0 Å². The van der Waals surface area contributed by atoms with E-state index in [4.69, 9.17) is 5.11 Å². The Morgan fingerprint density at radius 2 is 2.07 bits per heavy atom. The van der Waals surface area contributed by atoms with E-state index >= 15 is 0 Å². The smallest absolute Gasteiger partial charge is 0.328 e. The van der Waals surface area contributed by atoms with Crippen molar-refractivity contribution in [3.8, 4) is 11.3 Å². The minimum atomic E-state index is -0.967. The van der Waals surface area contributed by atoms with Gasteiger partial charge >= 0.3 is 5.97 Å². The fraction of sp³-hybridized carbons (Fsp3) is 0.0526. The number of benzene rings is 1. The Labute approximate surface area is 158 Å². The number of aromatic nitrogens is 4. The van der Waals surface area contributed by atoms with Gasteiger partial charge in [-0.25, -0.2) is 14.3 Å². The van der Waals surface area contributed by atoms with Gasteiger partial charge in [0.05, 0.1) is 11.9 Å². The molecule has 3 heterocycles. The molecule has 0 aliphatic heterocycles. The van der Waals surface area contributed by atoms with Gasteiger partial charge in [0.1, 0.15) is 0 Å². The fourth-order valence-electron chi connectivity index (χ4n) is 2.57. The monoisotopic (exact) mass is 377 g/mol. The van der Waals surface area contributed by atoms with Crippen molar-refractivity contribution in [3.63, 3.8) is 0 Å². The molecule has 3 aromatic heterocycles. The molecule has 0 unspecified atom stereocenters. The zero-order valence-corrected chi connectivity index (χ0v) is 14.9. The van der Waals surface area contributed by atoms with Gasteiger partial charge in [0.25, 0.3) is 0 Å². The molecular formula is C19H15N5O2S. The SMILES string of the molecule is O=C(O)/C=C/c1ccc(-c2cnc3sc(NCc4cccnc4)nn23)cc1. The highest BCUT2D eigenvalue weighted by molar-refractivity contribution is 7.20. The maximum atomic E-state index is 10.6. The van der Waals surface area contributed by atoms with Crippen LogP contribution in [0.2, 0.25) is 0 Å². The van der Waals surface area contributed by atoms with Crippen molar-refractivity contribution < 1.29 is 9.90 Å². The van der Waals surface area contributed by atoms with Crippen LogP contribution in [0, 0.1) is 0 Å². The highest BCUT2D eigenvalue weighted by Gasteiger charge is 2.11. The molecule has 0 saturated heterocycles. The number of fused-ring (bicyclic) bond motifs is 1. The number of carbonyl (C=O) groups is 1. The summed E-state index contributed by atoms with van der Waals surface area (Å²) in [7, 11) is 0. The molecule has 7 nitrogen and oxygen atoms in total. The van der Waals surface area contributed by atoms with Crippen molar-refractivity contribution in [2.45, 2.75) is 6.54 Å². The minimum absolute atomic E-state index is 0.643. The van der Waals surface area contributed by atoms with Crippen LogP contribution in [0.1, 0.15) is 11.1 Å². The van der Waals surface area contributed by atoms with E-state index in [1.165, 1.54) is 11.3 Å². The van der Waals surface area contributed by atoms with Gasteiger partial charge in [-0.3, -0.25) is 4.98 Å². The second kappa shape index (κ2) is 7.38. The number of carboxylic acids is 1. The number of aliphatic carboxylic acids is 1. The van der Waals surface area contributed by atoms with Crippen LogP contribution in [-0.4, -0.2) is 30.7 Å². The standard InChI is InChI=1S/C19H15N5O2S/c25-17(26)8-5-13-3-6-15(7-4-13)16-12-22-19-24(16)23-18(27-19)21-11-14-2-1-9-20-10-14/h1-10,12H,11H2,(H,21,23)(H,25,26)/b8-5+. The molecule has 4 aromatic rings. The Morgan fingerprint density at radius 1 is 1.22 bits per heavy atom. The van der Waals surface area contributed by atoms with Gasteiger partial charge in [-0.15, -0.1) is 5.10 Å². The minimum Gasteiger partial charge on any atom is -0.478 e. The Morgan fingerprint density at radius 3 is 2.81 bits per heavy atom. The first kappa shape index (κ1) is 16.9. The largest absolute Gasteiger partial charge is 0.478 e. The molecule has 0 aliphatic carbocycles. The maximum absolute atomic E-state index is 10.6. The van der Waals surface area contributed by atoms with E-state index in [0.29, 0.717) is 6.54 Å². The van der Waals surface area contributed by atoms with Gasteiger partial charge in [0, 0.05) is 30.6 Å². The van der Waals surface area contributed by atoms with Gasteiger partial charge < -0.3 is 10.4 Å². The van der Waals surface area contributed by atoms with Gasteiger partial charge in [-0.05, 0) is 23.3 Å². The van der Waals surface area contributed by atoms with Crippen LogP contribution in [0.4, 0.5) is 5.13 Å². The lowest BCUT2D eigenvalue weighted by atomic mass is 10.1. The summed E-state index contributed by atoms with van der Waals surface area (Å²) < 4.78 is 1.80. The molecule has 0 bridgehead atoms. The van der Waals surface area contributed by atoms with E-state index in [9.17, 15) is 4.79 Å². The van der Waals surface area contributed by atoms with Crippen LogP contribution in [0.15, 0.2) is 61.1 Å². The molecule has 4 rings (SSSR count). The molecule has 2 N–H and O–H groups in total. The summed E-state index contributed by atoms with van der Waals surface area (Å²) in [6.45, 7) is 0.643. The molecule has 0 radical (unpaired) electrons. The highest BCUT2D eigenvalue weighted by atomic mass is 32.1. The summed E-state index contributed by atoms with van der Waals surface area (Å²) in [6, 6.07) is 11.5. The fourth-order valence-corrected chi connectivity index (χ4v) is 3.34. The van der Waals surface area contributed by atoms with Gasteiger partial charge in [0.2, 0.25) is 10.1 Å². The lowest BCUT2D eigenvalue weighted by Crippen LogP contribution is -2.00.